The fourth-order valence-electron chi connectivity index (χ4n) is 1.56. The highest BCUT2D eigenvalue weighted by Crippen LogP contribution is 2.27. The van der Waals surface area contributed by atoms with E-state index in [2.05, 4.69) is 5.32 Å². The molecule has 2 aromatic rings. The molecular formula is C13H7F4NO3. The Balaban J connectivity index is 2.36. The van der Waals surface area contributed by atoms with Crippen molar-refractivity contribution in [2.45, 2.75) is 6.18 Å². The van der Waals surface area contributed by atoms with Crippen molar-refractivity contribution >= 4 is 17.4 Å². The minimum atomic E-state index is -5.18. The summed E-state index contributed by atoms with van der Waals surface area (Å²) in [7, 11) is 0. The SMILES string of the molecule is O=C(Nc1ccc(F)cc1C(=O)C(F)(F)F)c1ccco1. The minimum Gasteiger partial charge on any atom is -0.459 e. The average molecular weight is 301 g/mol. The van der Waals surface area contributed by atoms with Crippen molar-refractivity contribution < 1.29 is 31.6 Å². The van der Waals surface area contributed by atoms with E-state index < -0.39 is 34.9 Å². The Morgan fingerprint density at radius 1 is 1.14 bits per heavy atom. The maximum atomic E-state index is 13.1. The number of carbonyl (C=O) groups excluding carboxylic acids is 2. The zero-order valence-corrected chi connectivity index (χ0v) is 10.2. The van der Waals surface area contributed by atoms with Crippen LogP contribution in [0.4, 0.5) is 23.2 Å². The zero-order chi connectivity index (χ0) is 15.6. The van der Waals surface area contributed by atoms with Crippen molar-refractivity contribution in [2.75, 3.05) is 5.32 Å². The van der Waals surface area contributed by atoms with Crippen molar-refractivity contribution in [3.8, 4) is 0 Å². The predicted octanol–water partition coefficient (Wildman–Crippen LogP) is 3.42. The van der Waals surface area contributed by atoms with Gasteiger partial charge in [-0.2, -0.15) is 13.2 Å². The molecule has 0 atom stereocenters. The number of alkyl halides is 3. The van der Waals surface area contributed by atoms with Gasteiger partial charge >= 0.3 is 6.18 Å². The van der Waals surface area contributed by atoms with Gasteiger partial charge in [-0.15, -0.1) is 0 Å². The monoisotopic (exact) mass is 301 g/mol. The Kier molecular flexibility index (Phi) is 3.79. The van der Waals surface area contributed by atoms with Gasteiger partial charge in [-0.1, -0.05) is 0 Å². The molecular weight excluding hydrogens is 294 g/mol. The predicted molar refractivity (Wildman–Crippen MR) is 63.4 cm³/mol. The van der Waals surface area contributed by atoms with Gasteiger partial charge in [-0.05, 0) is 30.3 Å². The molecule has 0 radical (unpaired) electrons. The number of Topliss-reactive ketones (excluding diaryl/α,β-unsaturated/α-hetero) is 1. The summed E-state index contributed by atoms with van der Waals surface area (Å²) in [6.45, 7) is 0. The molecule has 8 heteroatoms. The molecule has 4 nitrogen and oxygen atoms in total. The molecule has 21 heavy (non-hydrogen) atoms. The van der Waals surface area contributed by atoms with Crippen LogP contribution in [0.2, 0.25) is 0 Å². The number of amides is 1. The fraction of sp³-hybridized carbons (Fsp3) is 0.0769. The molecule has 1 aromatic carbocycles. The summed E-state index contributed by atoms with van der Waals surface area (Å²) in [5.74, 6) is -4.30. The summed E-state index contributed by atoms with van der Waals surface area (Å²) < 4.78 is 55.2. The van der Waals surface area contributed by atoms with Crippen LogP contribution in [0.15, 0.2) is 41.0 Å². The molecule has 0 fully saturated rings. The van der Waals surface area contributed by atoms with Crippen LogP contribution in [0.5, 0.6) is 0 Å². The smallest absolute Gasteiger partial charge is 0.454 e. The number of rotatable bonds is 3. The summed E-state index contributed by atoms with van der Waals surface area (Å²) in [5, 5.41) is 2.07. The maximum Gasteiger partial charge on any atom is 0.454 e. The Morgan fingerprint density at radius 3 is 2.43 bits per heavy atom. The number of furan rings is 1. The van der Waals surface area contributed by atoms with E-state index in [0.717, 1.165) is 12.1 Å². The van der Waals surface area contributed by atoms with Crippen LogP contribution in [0, 0.1) is 5.82 Å². The number of nitrogens with one attached hydrogen (secondary N) is 1. The third-order valence-electron chi connectivity index (χ3n) is 2.48. The van der Waals surface area contributed by atoms with E-state index in [9.17, 15) is 27.2 Å². The molecule has 110 valence electrons. The van der Waals surface area contributed by atoms with Crippen molar-refractivity contribution in [3.63, 3.8) is 0 Å². The first-order valence-electron chi connectivity index (χ1n) is 5.55. The van der Waals surface area contributed by atoms with Crippen LogP contribution in [-0.4, -0.2) is 17.9 Å². The fourth-order valence-corrected chi connectivity index (χ4v) is 1.56. The van der Waals surface area contributed by atoms with Crippen molar-refractivity contribution in [1.82, 2.24) is 0 Å². The summed E-state index contributed by atoms with van der Waals surface area (Å²) >= 11 is 0. The lowest BCUT2D eigenvalue weighted by Crippen LogP contribution is -2.25. The van der Waals surface area contributed by atoms with E-state index in [1.807, 2.05) is 0 Å². The Morgan fingerprint density at radius 2 is 1.86 bits per heavy atom. The first-order valence-corrected chi connectivity index (χ1v) is 5.55. The standard InChI is InChI=1S/C13H7F4NO3/c14-7-3-4-9(8(6-7)11(19)13(15,16)17)18-12(20)10-2-1-5-21-10/h1-6H,(H,18,20). The van der Waals surface area contributed by atoms with Gasteiger partial charge < -0.3 is 9.73 Å². The molecule has 0 spiro atoms. The van der Waals surface area contributed by atoms with Gasteiger partial charge in [0.15, 0.2) is 5.76 Å². The van der Waals surface area contributed by atoms with E-state index >= 15 is 0 Å². The van der Waals surface area contributed by atoms with Gasteiger partial charge in [0.2, 0.25) is 0 Å². The second kappa shape index (κ2) is 5.39. The molecule has 0 aliphatic heterocycles. The second-order valence-corrected chi connectivity index (χ2v) is 3.95. The lowest BCUT2D eigenvalue weighted by atomic mass is 10.1. The normalized spacial score (nSPS) is 11.2. The molecule has 2 rings (SSSR count). The molecule has 0 aliphatic carbocycles. The number of carbonyl (C=O) groups is 2. The van der Waals surface area contributed by atoms with E-state index in [1.165, 1.54) is 18.4 Å². The highest BCUT2D eigenvalue weighted by Gasteiger charge is 2.40. The van der Waals surface area contributed by atoms with Crippen LogP contribution in [0.1, 0.15) is 20.9 Å². The summed E-state index contributed by atoms with van der Waals surface area (Å²) in [6, 6.07) is 4.79. The third kappa shape index (κ3) is 3.28. The Bertz CT molecular complexity index is 677. The van der Waals surface area contributed by atoms with Crippen LogP contribution in [-0.2, 0) is 0 Å². The van der Waals surface area contributed by atoms with E-state index in [1.54, 1.807) is 0 Å². The first-order chi connectivity index (χ1) is 9.79. The maximum absolute atomic E-state index is 13.1. The lowest BCUT2D eigenvalue weighted by Gasteiger charge is -2.11. The third-order valence-corrected chi connectivity index (χ3v) is 2.48. The number of halogens is 4. The molecule has 0 unspecified atom stereocenters. The average Bonchev–Trinajstić information content (AvgIpc) is 2.93. The van der Waals surface area contributed by atoms with Gasteiger partial charge in [0, 0.05) is 0 Å². The van der Waals surface area contributed by atoms with Crippen LogP contribution in [0.3, 0.4) is 0 Å². The molecule has 0 bridgehead atoms. The van der Waals surface area contributed by atoms with E-state index in [4.69, 9.17) is 4.42 Å². The highest BCUT2D eigenvalue weighted by atomic mass is 19.4. The lowest BCUT2D eigenvalue weighted by molar-refractivity contribution is -0.0884. The molecule has 1 amide bonds. The number of benzene rings is 1. The largest absolute Gasteiger partial charge is 0.459 e. The van der Waals surface area contributed by atoms with Crippen molar-refractivity contribution in [1.29, 1.82) is 0 Å². The van der Waals surface area contributed by atoms with Crippen LogP contribution < -0.4 is 5.32 Å². The number of ketones is 1. The number of hydrogen-bond acceptors (Lipinski definition) is 3. The summed E-state index contributed by atoms with van der Waals surface area (Å²) in [5.41, 5.74) is -1.44. The number of anilines is 1. The molecule has 1 heterocycles. The van der Waals surface area contributed by atoms with Crippen LogP contribution in [0.25, 0.3) is 0 Å². The van der Waals surface area contributed by atoms with Gasteiger partial charge in [0.05, 0.1) is 17.5 Å². The van der Waals surface area contributed by atoms with Crippen LogP contribution >= 0.6 is 0 Å². The summed E-state index contributed by atoms with van der Waals surface area (Å²) in [6.07, 6.45) is -3.99. The van der Waals surface area contributed by atoms with E-state index in [-0.39, 0.29) is 5.76 Å². The van der Waals surface area contributed by atoms with Crippen molar-refractivity contribution in [2.24, 2.45) is 0 Å². The summed E-state index contributed by atoms with van der Waals surface area (Å²) in [4.78, 5) is 22.9. The number of hydrogen-bond donors (Lipinski definition) is 1. The van der Waals surface area contributed by atoms with Gasteiger partial charge in [0.1, 0.15) is 5.82 Å². The Hall–Kier alpha value is -2.64. The molecule has 1 N–H and O–H groups in total. The van der Waals surface area contributed by atoms with Gasteiger partial charge in [-0.25, -0.2) is 4.39 Å². The van der Waals surface area contributed by atoms with Gasteiger partial charge in [-0.3, -0.25) is 9.59 Å². The molecule has 0 saturated heterocycles. The Labute approximate surface area is 115 Å². The van der Waals surface area contributed by atoms with Crippen molar-refractivity contribution in [3.05, 3.63) is 53.7 Å². The second-order valence-electron chi connectivity index (χ2n) is 3.95. The highest BCUT2D eigenvalue weighted by molar-refractivity contribution is 6.10. The molecule has 0 saturated carbocycles. The van der Waals surface area contributed by atoms with E-state index in [0.29, 0.717) is 6.07 Å². The first kappa shape index (κ1) is 14.8. The van der Waals surface area contributed by atoms with Gasteiger partial charge in [0.25, 0.3) is 11.7 Å². The topological polar surface area (TPSA) is 59.3 Å². The quantitative estimate of drug-likeness (QED) is 0.698. The zero-order valence-electron chi connectivity index (χ0n) is 10.2. The minimum absolute atomic E-state index is 0.162. The molecule has 0 aliphatic rings. The molecule has 1 aromatic heterocycles.